The Morgan fingerprint density at radius 1 is 1.59 bits per heavy atom. The summed E-state index contributed by atoms with van der Waals surface area (Å²) in [4.78, 5) is 15.2. The number of hydrogen-bond acceptors (Lipinski definition) is 4. The van der Waals surface area contributed by atoms with E-state index in [4.69, 9.17) is 16.6 Å². The SMILES string of the molecule is CC(N)Cc1nc(C(=O)O)c2cccc(N)n12. The molecule has 2 heterocycles. The first kappa shape index (κ1) is 11.4. The lowest BCUT2D eigenvalue weighted by atomic mass is 10.2. The van der Waals surface area contributed by atoms with Gasteiger partial charge in [-0.25, -0.2) is 9.78 Å². The number of aromatic nitrogens is 2. The summed E-state index contributed by atoms with van der Waals surface area (Å²) >= 11 is 0. The number of imidazole rings is 1. The van der Waals surface area contributed by atoms with Crippen LogP contribution in [0.25, 0.3) is 5.52 Å². The number of carboxylic acids is 1. The highest BCUT2D eigenvalue weighted by atomic mass is 16.4. The van der Waals surface area contributed by atoms with Gasteiger partial charge in [-0.3, -0.25) is 4.40 Å². The Labute approximate surface area is 97.9 Å². The topological polar surface area (TPSA) is 107 Å². The van der Waals surface area contributed by atoms with E-state index in [0.29, 0.717) is 23.6 Å². The first-order valence-corrected chi connectivity index (χ1v) is 5.25. The van der Waals surface area contributed by atoms with Crippen molar-refractivity contribution in [3.05, 3.63) is 29.7 Å². The van der Waals surface area contributed by atoms with E-state index in [1.807, 2.05) is 6.92 Å². The van der Waals surface area contributed by atoms with Crippen LogP contribution in [-0.4, -0.2) is 26.5 Å². The average Bonchev–Trinajstić information content (AvgIpc) is 2.57. The summed E-state index contributed by atoms with van der Waals surface area (Å²) in [5.74, 6) is -0.0346. The van der Waals surface area contributed by atoms with E-state index in [2.05, 4.69) is 4.98 Å². The third kappa shape index (κ3) is 1.94. The molecule has 0 bridgehead atoms. The Bertz CT molecular complexity index is 574. The van der Waals surface area contributed by atoms with E-state index in [0.717, 1.165) is 0 Å². The number of pyridine rings is 1. The minimum absolute atomic E-state index is 0.00736. The second-order valence-electron chi connectivity index (χ2n) is 4.03. The highest BCUT2D eigenvalue weighted by Crippen LogP contribution is 2.18. The molecule has 1 atom stereocenters. The van der Waals surface area contributed by atoms with Gasteiger partial charge < -0.3 is 16.6 Å². The fourth-order valence-corrected chi connectivity index (χ4v) is 1.82. The Morgan fingerprint density at radius 3 is 2.88 bits per heavy atom. The molecule has 6 nitrogen and oxygen atoms in total. The predicted octanol–water partition coefficient (Wildman–Crippen LogP) is 0.504. The van der Waals surface area contributed by atoms with E-state index in [-0.39, 0.29) is 11.7 Å². The van der Waals surface area contributed by atoms with Crippen molar-refractivity contribution in [2.24, 2.45) is 5.73 Å². The summed E-state index contributed by atoms with van der Waals surface area (Å²) in [5.41, 5.74) is 12.0. The lowest BCUT2D eigenvalue weighted by molar-refractivity contribution is 0.0693. The van der Waals surface area contributed by atoms with Crippen molar-refractivity contribution in [1.82, 2.24) is 9.38 Å². The summed E-state index contributed by atoms with van der Waals surface area (Å²) < 4.78 is 1.63. The molecule has 0 aliphatic carbocycles. The molecule has 2 rings (SSSR count). The van der Waals surface area contributed by atoms with Crippen LogP contribution in [0.1, 0.15) is 23.2 Å². The molecule has 0 aliphatic rings. The Hall–Kier alpha value is -2.08. The molecule has 6 heteroatoms. The third-order valence-corrected chi connectivity index (χ3v) is 2.47. The van der Waals surface area contributed by atoms with Crippen molar-refractivity contribution < 1.29 is 9.90 Å². The van der Waals surface area contributed by atoms with Crippen LogP contribution in [0.5, 0.6) is 0 Å². The van der Waals surface area contributed by atoms with E-state index in [1.165, 1.54) is 0 Å². The summed E-state index contributed by atoms with van der Waals surface area (Å²) in [7, 11) is 0. The zero-order chi connectivity index (χ0) is 12.6. The first-order chi connectivity index (χ1) is 8.00. The number of rotatable bonds is 3. The zero-order valence-electron chi connectivity index (χ0n) is 9.42. The molecule has 0 spiro atoms. The highest BCUT2D eigenvalue weighted by molar-refractivity contribution is 5.94. The van der Waals surface area contributed by atoms with Crippen LogP contribution >= 0.6 is 0 Å². The second kappa shape index (κ2) is 4.06. The predicted molar refractivity (Wildman–Crippen MR) is 63.9 cm³/mol. The van der Waals surface area contributed by atoms with E-state index < -0.39 is 5.97 Å². The Morgan fingerprint density at radius 2 is 2.29 bits per heavy atom. The molecule has 90 valence electrons. The van der Waals surface area contributed by atoms with Crippen LogP contribution < -0.4 is 11.5 Å². The van der Waals surface area contributed by atoms with Gasteiger partial charge in [0.15, 0.2) is 5.69 Å². The maximum Gasteiger partial charge on any atom is 0.356 e. The smallest absolute Gasteiger partial charge is 0.356 e. The minimum Gasteiger partial charge on any atom is -0.476 e. The van der Waals surface area contributed by atoms with E-state index in [1.54, 1.807) is 22.6 Å². The number of anilines is 1. The van der Waals surface area contributed by atoms with Gasteiger partial charge in [-0.15, -0.1) is 0 Å². The highest BCUT2D eigenvalue weighted by Gasteiger charge is 2.18. The van der Waals surface area contributed by atoms with Crippen LogP contribution in [0.4, 0.5) is 5.82 Å². The number of fused-ring (bicyclic) bond motifs is 1. The van der Waals surface area contributed by atoms with Gasteiger partial charge in [-0.05, 0) is 19.1 Å². The van der Waals surface area contributed by atoms with Gasteiger partial charge in [0, 0.05) is 12.5 Å². The number of hydrogen-bond donors (Lipinski definition) is 3. The van der Waals surface area contributed by atoms with Gasteiger partial charge in [0.25, 0.3) is 0 Å². The zero-order valence-corrected chi connectivity index (χ0v) is 9.42. The molecular weight excluding hydrogens is 220 g/mol. The van der Waals surface area contributed by atoms with Crippen LogP contribution in [0.3, 0.4) is 0 Å². The van der Waals surface area contributed by atoms with Gasteiger partial charge >= 0.3 is 5.97 Å². The van der Waals surface area contributed by atoms with Gasteiger partial charge in [0.2, 0.25) is 0 Å². The first-order valence-electron chi connectivity index (χ1n) is 5.25. The van der Waals surface area contributed by atoms with Crippen LogP contribution in [-0.2, 0) is 6.42 Å². The monoisotopic (exact) mass is 234 g/mol. The number of carboxylic acid groups (broad SMARTS) is 1. The maximum atomic E-state index is 11.1. The molecule has 0 saturated heterocycles. The number of aromatic carboxylic acids is 1. The molecule has 5 N–H and O–H groups in total. The van der Waals surface area contributed by atoms with Crippen molar-refractivity contribution in [2.75, 3.05) is 5.73 Å². The van der Waals surface area contributed by atoms with Crippen LogP contribution in [0.2, 0.25) is 0 Å². The number of nitrogen functional groups attached to an aromatic ring is 1. The molecule has 1 unspecified atom stereocenters. The minimum atomic E-state index is -1.07. The lowest BCUT2D eigenvalue weighted by Gasteiger charge is -2.06. The molecule has 0 fully saturated rings. The average molecular weight is 234 g/mol. The lowest BCUT2D eigenvalue weighted by Crippen LogP contribution is -2.19. The van der Waals surface area contributed by atoms with E-state index >= 15 is 0 Å². The fraction of sp³-hybridized carbons (Fsp3) is 0.273. The third-order valence-electron chi connectivity index (χ3n) is 2.47. The number of carbonyl (C=O) groups is 1. The summed E-state index contributed by atoms with van der Waals surface area (Å²) in [6, 6.07) is 4.97. The largest absolute Gasteiger partial charge is 0.476 e. The van der Waals surface area contributed by atoms with Gasteiger partial charge in [-0.2, -0.15) is 0 Å². The normalized spacial score (nSPS) is 12.8. The summed E-state index contributed by atoms with van der Waals surface area (Å²) in [6.45, 7) is 1.83. The summed E-state index contributed by atoms with van der Waals surface area (Å²) in [6.07, 6.45) is 0.475. The van der Waals surface area contributed by atoms with Crippen molar-refractivity contribution in [2.45, 2.75) is 19.4 Å². The van der Waals surface area contributed by atoms with Crippen molar-refractivity contribution >= 4 is 17.3 Å². The fourth-order valence-electron chi connectivity index (χ4n) is 1.82. The molecule has 0 saturated carbocycles. The molecular formula is C11H14N4O2. The second-order valence-corrected chi connectivity index (χ2v) is 4.03. The maximum absolute atomic E-state index is 11.1. The molecule has 0 radical (unpaired) electrons. The Kier molecular flexibility index (Phi) is 2.72. The number of nitrogens with zero attached hydrogens (tertiary/aromatic N) is 2. The van der Waals surface area contributed by atoms with Gasteiger partial charge in [0.05, 0.1) is 5.52 Å². The molecule has 0 aromatic carbocycles. The molecule has 17 heavy (non-hydrogen) atoms. The van der Waals surface area contributed by atoms with Crippen molar-refractivity contribution in [1.29, 1.82) is 0 Å². The molecule has 2 aromatic rings. The molecule has 0 amide bonds. The van der Waals surface area contributed by atoms with Crippen LogP contribution in [0, 0.1) is 0 Å². The quantitative estimate of drug-likeness (QED) is 0.717. The molecule has 2 aromatic heterocycles. The standard InChI is InChI=1S/C11H14N4O2/c1-6(12)5-9-14-10(11(16)17)7-3-2-4-8(13)15(7)9/h2-4,6H,5,12-13H2,1H3,(H,16,17). The van der Waals surface area contributed by atoms with Crippen molar-refractivity contribution in [3.8, 4) is 0 Å². The summed E-state index contributed by atoms with van der Waals surface area (Å²) in [5, 5.41) is 9.07. The Balaban J connectivity index is 2.71. The van der Waals surface area contributed by atoms with Crippen LogP contribution in [0.15, 0.2) is 18.2 Å². The van der Waals surface area contributed by atoms with Gasteiger partial charge in [-0.1, -0.05) is 6.07 Å². The number of nitrogens with two attached hydrogens (primary N) is 2. The molecule has 0 aliphatic heterocycles. The van der Waals surface area contributed by atoms with E-state index in [9.17, 15) is 4.79 Å². The van der Waals surface area contributed by atoms with Crippen molar-refractivity contribution in [3.63, 3.8) is 0 Å². The van der Waals surface area contributed by atoms with Gasteiger partial charge in [0.1, 0.15) is 11.6 Å².